The van der Waals surface area contributed by atoms with E-state index in [9.17, 15) is 0 Å². The molecule has 1 fully saturated rings. The molecule has 0 aliphatic carbocycles. The second-order valence-electron chi connectivity index (χ2n) is 4.54. The lowest BCUT2D eigenvalue weighted by Gasteiger charge is -2.33. The Hall–Kier alpha value is -0.880. The molecule has 2 heterocycles. The number of aromatic nitrogens is 2. The highest BCUT2D eigenvalue weighted by molar-refractivity contribution is 9.10. The van der Waals surface area contributed by atoms with Gasteiger partial charge in [-0.15, -0.1) is 0 Å². The number of piperidine rings is 1. The van der Waals surface area contributed by atoms with Crippen molar-refractivity contribution in [1.82, 2.24) is 9.97 Å². The van der Waals surface area contributed by atoms with E-state index in [0.717, 1.165) is 49.4 Å². The average Bonchev–Trinajstić information content (AvgIpc) is 2.43. The van der Waals surface area contributed by atoms with Crippen LogP contribution in [0.1, 0.15) is 26.7 Å². The van der Waals surface area contributed by atoms with Crippen LogP contribution >= 0.6 is 15.9 Å². The Labute approximate surface area is 122 Å². The smallest absolute Gasteiger partial charge is 0.224 e. The number of nitrogens with one attached hydrogen (secondary N) is 1. The van der Waals surface area contributed by atoms with Crippen LogP contribution in [-0.2, 0) is 4.74 Å². The lowest BCUT2D eigenvalue weighted by atomic mass is 10.1. The largest absolute Gasteiger partial charge is 0.378 e. The first kappa shape index (κ1) is 14.5. The standard InChI is InChI=1S/C13H21BrN4O/c1-3-15-13-16-9-11(14)12(17-13)18-7-5-10(6-8-18)19-4-2/h9-10H,3-8H2,1-2H3,(H,15,16,17). The molecule has 0 aromatic carbocycles. The van der Waals surface area contributed by atoms with Gasteiger partial charge in [0.1, 0.15) is 5.82 Å². The minimum atomic E-state index is 0.398. The van der Waals surface area contributed by atoms with Gasteiger partial charge in [-0.3, -0.25) is 0 Å². The van der Waals surface area contributed by atoms with E-state index in [0.29, 0.717) is 12.1 Å². The molecule has 0 spiro atoms. The molecule has 1 aromatic rings. The van der Waals surface area contributed by atoms with Gasteiger partial charge in [-0.05, 0) is 42.6 Å². The lowest BCUT2D eigenvalue weighted by molar-refractivity contribution is 0.0458. The fourth-order valence-corrected chi connectivity index (χ4v) is 2.73. The molecule has 1 N–H and O–H groups in total. The van der Waals surface area contributed by atoms with Gasteiger partial charge in [0.15, 0.2) is 0 Å². The molecule has 0 atom stereocenters. The maximum atomic E-state index is 5.68. The van der Waals surface area contributed by atoms with E-state index in [4.69, 9.17) is 4.74 Å². The van der Waals surface area contributed by atoms with Crippen molar-refractivity contribution >= 4 is 27.7 Å². The molecule has 5 nitrogen and oxygen atoms in total. The van der Waals surface area contributed by atoms with Crippen molar-refractivity contribution in [1.29, 1.82) is 0 Å². The molecule has 6 heteroatoms. The molecule has 1 saturated heterocycles. The summed E-state index contributed by atoms with van der Waals surface area (Å²) >= 11 is 3.54. The van der Waals surface area contributed by atoms with Crippen LogP contribution < -0.4 is 10.2 Å². The number of hydrogen-bond donors (Lipinski definition) is 1. The van der Waals surface area contributed by atoms with Crippen molar-refractivity contribution < 1.29 is 4.74 Å². The van der Waals surface area contributed by atoms with Crippen molar-refractivity contribution in [2.24, 2.45) is 0 Å². The highest BCUT2D eigenvalue weighted by Crippen LogP contribution is 2.27. The van der Waals surface area contributed by atoms with Gasteiger partial charge in [-0.1, -0.05) is 0 Å². The summed E-state index contributed by atoms with van der Waals surface area (Å²) in [5, 5.41) is 3.15. The molecule has 1 aliphatic heterocycles. The molecule has 1 aliphatic rings. The van der Waals surface area contributed by atoms with Crippen LogP contribution in [0.25, 0.3) is 0 Å². The van der Waals surface area contributed by atoms with E-state index in [1.165, 1.54) is 0 Å². The van der Waals surface area contributed by atoms with Crippen LogP contribution in [-0.4, -0.2) is 42.3 Å². The second-order valence-corrected chi connectivity index (χ2v) is 5.39. The summed E-state index contributed by atoms with van der Waals surface area (Å²) < 4.78 is 6.62. The summed E-state index contributed by atoms with van der Waals surface area (Å²) in [4.78, 5) is 11.1. The summed E-state index contributed by atoms with van der Waals surface area (Å²) in [6, 6.07) is 0. The van der Waals surface area contributed by atoms with Crippen molar-refractivity contribution in [3.8, 4) is 0 Å². The van der Waals surface area contributed by atoms with E-state index >= 15 is 0 Å². The third kappa shape index (κ3) is 3.79. The topological polar surface area (TPSA) is 50.3 Å². The molecular weight excluding hydrogens is 308 g/mol. The average molecular weight is 329 g/mol. The van der Waals surface area contributed by atoms with Crippen LogP contribution in [0.5, 0.6) is 0 Å². The number of rotatable bonds is 5. The van der Waals surface area contributed by atoms with Crippen LogP contribution in [0.4, 0.5) is 11.8 Å². The van der Waals surface area contributed by atoms with Crippen molar-refractivity contribution in [3.05, 3.63) is 10.7 Å². The van der Waals surface area contributed by atoms with Crippen LogP contribution in [0, 0.1) is 0 Å². The first-order chi connectivity index (χ1) is 9.24. The normalized spacial score (nSPS) is 16.7. The van der Waals surface area contributed by atoms with E-state index < -0.39 is 0 Å². The monoisotopic (exact) mass is 328 g/mol. The fourth-order valence-electron chi connectivity index (χ4n) is 2.29. The number of ether oxygens (including phenoxy) is 1. The van der Waals surface area contributed by atoms with Gasteiger partial charge in [0.2, 0.25) is 5.95 Å². The predicted octanol–water partition coefficient (Wildman–Crippen LogP) is 2.68. The Balaban J connectivity index is 2.03. The fraction of sp³-hybridized carbons (Fsp3) is 0.692. The van der Waals surface area contributed by atoms with Crippen LogP contribution in [0.3, 0.4) is 0 Å². The summed E-state index contributed by atoms with van der Waals surface area (Å²) in [5.41, 5.74) is 0. The lowest BCUT2D eigenvalue weighted by Crippen LogP contribution is -2.37. The summed E-state index contributed by atoms with van der Waals surface area (Å²) in [6.45, 7) is 7.67. The highest BCUT2D eigenvalue weighted by atomic mass is 79.9. The summed E-state index contributed by atoms with van der Waals surface area (Å²) in [7, 11) is 0. The van der Waals surface area contributed by atoms with Gasteiger partial charge in [-0.25, -0.2) is 4.98 Å². The zero-order chi connectivity index (χ0) is 13.7. The van der Waals surface area contributed by atoms with E-state index in [1.54, 1.807) is 0 Å². The molecular formula is C13H21BrN4O. The number of anilines is 2. The Bertz CT molecular complexity index is 408. The molecule has 106 valence electrons. The first-order valence-corrected chi connectivity index (χ1v) is 7.66. The number of nitrogens with zero attached hydrogens (tertiary/aromatic N) is 3. The Morgan fingerprint density at radius 2 is 2.16 bits per heavy atom. The minimum Gasteiger partial charge on any atom is -0.378 e. The molecule has 2 rings (SSSR count). The van der Waals surface area contributed by atoms with Crippen molar-refractivity contribution in [3.63, 3.8) is 0 Å². The molecule has 0 radical (unpaired) electrons. The maximum Gasteiger partial charge on any atom is 0.224 e. The molecule has 1 aromatic heterocycles. The zero-order valence-corrected chi connectivity index (χ0v) is 13.1. The molecule has 0 amide bonds. The van der Waals surface area contributed by atoms with Gasteiger partial charge in [0.25, 0.3) is 0 Å². The zero-order valence-electron chi connectivity index (χ0n) is 11.5. The van der Waals surface area contributed by atoms with Gasteiger partial charge in [0.05, 0.1) is 10.6 Å². The highest BCUT2D eigenvalue weighted by Gasteiger charge is 2.22. The Morgan fingerprint density at radius 3 is 2.79 bits per heavy atom. The van der Waals surface area contributed by atoms with Crippen molar-refractivity contribution in [2.45, 2.75) is 32.8 Å². The Kier molecular flexibility index (Phi) is 5.39. The molecule has 0 unspecified atom stereocenters. The maximum absolute atomic E-state index is 5.68. The van der Waals surface area contributed by atoms with Gasteiger partial charge in [-0.2, -0.15) is 4.98 Å². The van der Waals surface area contributed by atoms with Gasteiger partial charge in [0, 0.05) is 32.4 Å². The number of hydrogen-bond acceptors (Lipinski definition) is 5. The SMILES string of the molecule is CCNc1ncc(Br)c(N2CCC(OCC)CC2)n1. The second kappa shape index (κ2) is 7.05. The third-order valence-electron chi connectivity index (χ3n) is 3.20. The third-order valence-corrected chi connectivity index (χ3v) is 3.76. The predicted molar refractivity (Wildman–Crippen MR) is 80.8 cm³/mol. The first-order valence-electron chi connectivity index (χ1n) is 6.87. The van der Waals surface area contributed by atoms with Crippen molar-refractivity contribution in [2.75, 3.05) is 36.5 Å². The Morgan fingerprint density at radius 1 is 1.42 bits per heavy atom. The van der Waals surface area contributed by atoms with E-state index in [-0.39, 0.29) is 0 Å². The van der Waals surface area contributed by atoms with Gasteiger partial charge < -0.3 is 15.0 Å². The van der Waals surface area contributed by atoms with Crippen LogP contribution in [0.15, 0.2) is 10.7 Å². The summed E-state index contributed by atoms with van der Waals surface area (Å²) in [6.07, 6.45) is 4.33. The molecule has 19 heavy (non-hydrogen) atoms. The van der Waals surface area contributed by atoms with E-state index in [1.807, 2.05) is 13.1 Å². The quantitative estimate of drug-likeness (QED) is 0.900. The van der Waals surface area contributed by atoms with E-state index in [2.05, 4.69) is 43.0 Å². The van der Waals surface area contributed by atoms with Gasteiger partial charge >= 0.3 is 0 Å². The number of halogens is 1. The molecule has 0 saturated carbocycles. The minimum absolute atomic E-state index is 0.398. The van der Waals surface area contributed by atoms with Crippen LogP contribution in [0.2, 0.25) is 0 Å². The molecule has 0 bridgehead atoms. The summed E-state index contributed by atoms with van der Waals surface area (Å²) in [5.74, 6) is 1.66.